The lowest BCUT2D eigenvalue weighted by Gasteiger charge is -2.25. The summed E-state index contributed by atoms with van der Waals surface area (Å²) in [5.74, 6) is 2.29. The van der Waals surface area contributed by atoms with Crippen LogP contribution in [0.1, 0.15) is 16.5 Å². The summed E-state index contributed by atoms with van der Waals surface area (Å²) in [6, 6.07) is 15.7. The molecule has 1 unspecified atom stereocenters. The molecule has 0 saturated carbocycles. The Balaban J connectivity index is 1.84. The third-order valence-corrected chi connectivity index (χ3v) is 5.12. The van der Waals surface area contributed by atoms with Crippen LogP contribution < -0.4 is 9.47 Å². The minimum atomic E-state index is -0.0132. The van der Waals surface area contributed by atoms with Crippen LogP contribution in [0.2, 0.25) is 0 Å². The second-order valence-corrected chi connectivity index (χ2v) is 6.34. The molecule has 1 saturated heterocycles. The minimum Gasteiger partial charge on any atom is -0.497 e. The van der Waals surface area contributed by atoms with E-state index < -0.39 is 0 Å². The van der Waals surface area contributed by atoms with Crippen molar-refractivity contribution in [2.45, 2.75) is 11.9 Å². The van der Waals surface area contributed by atoms with E-state index in [9.17, 15) is 4.79 Å². The number of carbonyl (C=O) groups is 1. The van der Waals surface area contributed by atoms with E-state index in [1.54, 1.807) is 26.0 Å². The van der Waals surface area contributed by atoms with E-state index in [2.05, 4.69) is 0 Å². The van der Waals surface area contributed by atoms with E-state index in [1.165, 1.54) is 0 Å². The lowest BCUT2D eigenvalue weighted by Crippen LogP contribution is -2.27. The predicted molar refractivity (Wildman–Crippen MR) is 91.7 cm³/mol. The Morgan fingerprint density at radius 3 is 2.52 bits per heavy atom. The first kappa shape index (κ1) is 15.7. The third kappa shape index (κ3) is 3.29. The van der Waals surface area contributed by atoms with Gasteiger partial charge in [-0.2, -0.15) is 0 Å². The summed E-state index contributed by atoms with van der Waals surface area (Å²) in [7, 11) is 3.31. The highest BCUT2D eigenvalue weighted by atomic mass is 32.2. The summed E-state index contributed by atoms with van der Waals surface area (Å²) >= 11 is 1.64. The van der Waals surface area contributed by atoms with Crippen molar-refractivity contribution in [2.24, 2.45) is 0 Å². The fourth-order valence-electron chi connectivity index (χ4n) is 2.68. The molecule has 1 fully saturated rings. The maximum Gasteiger partial charge on any atom is 0.234 e. The molecule has 1 atom stereocenters. The van der Waals surface area contributed by atoms with E-state index in [1.807, 2.05) is 53.4 Å². The molecule has 0 N–H and O–H groups in total. The van der Waals surface area contributed by atoms with Crippen LogP contribution >= 0.6 is 11.8 Å². The fourth-order valence-corrected chi connectivity index (χ4v) is 3.89. The number of hydrogen-bond acceptors (Lipinski definition) is 4. The van der Waals surface area contributed by atoms with Crippen LogP contribution in [0.3, 0.4) is 0 Å². The number of thioether (sulfide) groups is 1. The molecule has 2 aromatic carbocycles. The van der Waals surface area contributed by atoms with Gasteiger partial charge in [-0.05, 0) is 23.8 Å². The first-order chi connectivity index (χ1) is 11.2. The van der Waals surface area contributed by atoms with Crippen molar-refractivity contribution in [3.05, 3.63) is 59.7 Å². The molecule has 0 spiro atoms. The average Bonchev–Trinajstić information content (AvgIpc) is 2.96. The number of rotatable bonds is 5. The van der Waals surface area contributed by atoms with Gasteiger partial charge >= 0.3 is 0 Å². The van der Waals surface area contributed by atoms with Crippen LogP contribution in [-0.2, 0) is 11.3 Å². The molecule has 1 aliphatic heterocycles. The topological polar surface area (TPSA) is 38.8 Å². The highest BCUT2D eigenvalue weighted by Gasteiger charge is 2.34. The third-order valence-electron chi connectivity index (χ3n) is 3.89. The van der Waals surface area contributed by atoms with Gasteiger partial charge in [-0.15, -0.1) is 11.8 Å². The lowest BCUT2D eigenvalue weighted by molar-refractivity contribution is -0.128. The number of carbonyl (C=O) groups excluding carboxylic acids is 1. The van der Waals surface area contributed by atoms with Crippen molar-refractivity contribution < 1.29 is 14.3 Å². The van der Waals surface area contributed by atoms with Gasteiger partial charge in [0, 0.05) is 12.1 Å². The minimum absolute atomic E-state index is 0.0132. The van der Waals surface area contributed by atoms with Gasteiger partial charge < -0.3 is 14.4 Å². The van der Waals surface area contributed by atoms with Crippen molar-refractivity contribution in [3.8, 4) is 11.5 Å². The molecular formula is C18H19NO3S. The molecule has 1 heterocycles. The summed E-state index contributed by atoms with van der Waals surface area (Å²) < 4.78 is 10.6. The average molecular weight is 329 g/mol. The van der Waals surface area contributed by atoms with Crippen LogP contribution in [0, 0.1) is 0 Å². The second kappa shape index (κ2) is 6.96. The quantitative estimate of drug-likeness (QED) is 0.842. The van der Waals surface area contributed by atoms with Crippen molar-refractivity contribution in [1.29, 1.82) is 0 Å². The highest BCUT2D eigenvalue weighted by molar-refractivity contribution is 8.00. The van der Waals surface area contributed by atoms with Crippen molar-refractivity contribution in [1.82, 2.24) is 4.90 Å². The Bertz CT molecular complexity index is 687. The van der Waals surface area contributed by atoms with E-state index in [-0.39, 0.29) is 11.3 Å². The number of nitrogens with zero attached hydrogens (tertiary/aromatic N) is 1. The number of para-hydroxylation sites is 1. The molecule has 5 heteroatoms. The summed E-state index contributed by atoms with van der Waals surface area (Å²) in [5.41, 5.74) is 2.13. The maximum absolute atomic E-state index is 12.3. The largest absolute Gasteiger partial charge is 0.497 e. The monoisotopic (exact) mass is 329 g/mol. The number of ether oxygens (including phenoxy) is 2. The smallest absolute Gasteiger partial charge is 0.234 e. The first-order valence-corrected chi connectivity index (χ1v) is 8.44. The zero-order chi connectivity index (χ0) is 16.2. The van der Waals surface area contributed by atoms with Gasteiger partial charge in [-0.3, -0.25) is 4.79 Å². The first-order valence-electron chi connectivity index (χ1n) is 7.40. The van der Waals surface area contributed by atoms with Gasteiger partial charge in [-0.25, -0.2) is 0 Å². The zero-order valence-corrected chi connectivity index (χ0v) is 14.0. The second-order valence-electron chi connectivity index (χ2n) is 5.28. The summed E-state index contributed by atoms with van der Waals surface area (Å²) in [6.07, 6.45) is 0. The van der Waals surface area contributed by atoms with Gasteiger partial charge in [-0.1, -0.05) is 30.3 Å². The zero-order valence-electron chi connectivity index (χ0n) is 13.2. The van der Waals surface area contributed by atoms with Crippen LogP contribution in [-0.4, -0.2) is 30.8 Å². The Morgan fingerprint density at radius 2 is 1.83 bits per heavy atom. The number of methoxy groups -OCH3 is 2. The predicted octanol–water partition coefficient (Wildman–Crippen LogP) is 3.48. The highest BCUT2D eigenvalue weighted by Crippen LogP contribution is 2.43. The fraction of sp³-hybridized carbons (Fsp3) is 0.278. The molecule has 0 radical (unpaired) electrons. The molecule has 0 bridgehead atoms. The molecule has 4 nitrogen and oxygen atoms in total. The number of amides is 1. The Hall–Kier alpha value is -2.14. The van der Waals surface area contributed by atoms with Gasteiger partial charge in [0.1, 0.15) is 16.9 Å². The van der Waals surface area contributed by atoms with Crippen LogP contribution in [0.15, 0.2) is 48.5 Å². The molecule has 1 aliphatic rings. The van der Waals surface area contributed by atoms with Gasteiger partial charge in [0.25, 0.3) is 0 Å². The van der Waals surface area contributed by atoms with Crippen LogP contribution in [0.25, 0.3) is 0 Å². The van der Waals surface area contributed by atoms with E-state index in [0.29, 0.717) is 12.3 Å². The van der Waals surface area contributed by atoms with E-state index in [4.69, 9.17) is 9.47 Å². The SMILES string of the molecule is COc1ccc(CN2C(=O)CSC2c2ccccc2OC)cc1. The Kier molecular flexibility index (Phi) is 4.76. The Labute approximate surface area is 140 Å². The maximum atomic E-state index is 12.3. The molecule has 0 aromatic heterocycles. The normalized spacial score (nSPS) is 17.4. The molecular weight excluding hydrogens is 310 g/mol. The summed E-state index contributed by atoms with van der Waals surface area (Å²) in [6.45, 7) is 0.582. The van der Waals surface area contributed by atoms with Crippen molar-refractivity contribution in [2.75, 3.05) is 20.0 Å². The molecule has 120 valence electrons. The van der Waals surface area contributed by atoms with Gasteiger partial charge in [0.2, 0.25) is 5.91 Å². The summed E-state index contributed by atoms with van der Waals surface area (Å²) in [4.78, 5) is 14.2. The molecule has 0 aliphatic carbocycles. The van der Waals surface area contributed by atoms with Gasteiger partial charge in [0.05, 0.1) is 20.0 Å². The van der Waals surface area contributed by atoms with E-state index >= 15 is 0 Å². The molecule has 23 heavy (non-hydrogen) atoms. The van der Waals surface area contributed by atoms with Crippen molar-refractivity contribution in [3.63, 3.8) is 0 Å². The number of hydrogen-bond donors (Lipinski definition) is 0. The molecule has 1 amide bonds. The standard InChI is InChI=1S/C18H19NO3S/c1-21-14-9-7-13(8-10-14)11-19-17(20)12-23-18(19)15-5-3-4-6-16(15)22-2/h3-10,18H,11-12H2,1-2H3. The van der Waals surface area contributed by atoms with Gasteiger partial charge in [0.15, 0.2) is 0 Å². The molecule has 3 rings (SSSR count). The van der Waals surface area contributed by atoms with Crippen LogP contribution in [0.4, 0.5) is 0 Å². The molecule has 2 aromatic rings. The number of benzene rings is 2. The van der Waals surface area contributed by atoms with Crippen LogP contribution in [0.5, 0.6) is 11.5 Å². The lowest BCUT2D eigenvalue weighted by atomic mass is 10.1. The Morgan fingerprint density at radius 1 is 1.09 bits per heavy atom. The van der Waals surface area contributed by atoms with Crippen molar-refractivity contribution >= 4 is 17.7 Å². The summed E-state index contributed by atoms with van der Waals surface area (Å²) in [5, 5.41) is -0.0132. The van der Waals surface area contributed by atoms with E-state index in [0.717, 1.165) is 22.6 Å².